The Morgan fingerprint density at radius 1 is 1.07 bits per heavy atom. The average Bonchev–Trinajstić information content (AvgIpc) is 3.05. The zero-order chi connectivity index (χ0) is 21.9. The fourth-order valence-corrected chi connectivity index (χ4v) is 3.15. The van der Waals surface area contributed by atoms with Crippen LogP contribution in [0.2, 0.25) is 0 Å². The van der Waals surface area contributed by atoms with E-state index in [1.165, 1.54) is 24.3 Å². The predicted molar refractivity (Wildman–Crippen MR) is 112 cm³/mol. The van der Waals surface area contributed by atoms with Gasteiger partial charge in [0.1, 0.15) is 17.2 Å². The normalized spacial score (nSPS) is 11.4. The summed E-state index contributed by atoms with van der Waals surface area (Å²) in [5, 5.41) is 6.72. The summed E-state index contributed by atoms with van der Waals surface area (Å²) in [7, 11) is -2.59. The predicted octanol–water partition coefficient (Wildman–Crippen LogP) is 3.05. The lowest BCUT2D eigenvalue weighted by atomic mass is 10.2. The van der Waals surface area contributed by atoms with Crippen LogP contribution in [0.5, 0.6) is 17.2 Å². The van der Waals surface area contributed by atoms with Crippen molar-refractivity contribution in [3.05, 3.63) is 60.3 Å². The van der Waals surface area contributed by atoms with Gasteiger partial charge in [-0.05, 0) is 50.2 Å². The van der Waals surface area contributed by atoms with E-state index in [4.69, 9.17) is 9.47 Å². The molecule has 0 bridgehead atoms. The molecule has 1 aromatic heterocycles. The van der Waals surface area contributed by atoms with E-state index in [1.54, 1.807) is 42.2 Å². The molecule has 2 aromatic carbocycles. The SMILES string of the molecule is CC(C)Oc1cc(Oc2ccc(P(=O)(O)O)cc2)cc(C(=O)Nc2ccn(C)n2)c1. The molecule has 0 radical (unpaired) electrons. The highest BCUT2D eigenvalue weighted by Gasteiger charge is 2.17. The molecule has 1 amide bonds. The molecule has 158 valence electrons. The molecule has 0 fully saturated rings. The van der Waals surface area contributed by atoms with Crippen LogP contribution in [0.25, 0.3) is 0 Å². The van der Waals surface area contributed by atoms with Crippen molar-refractivity contribution in [3.8, 4) is 17.2 Å². The van der Waals surface area contributed by atoms with E-state index < -0.39 is 7.60 Å². The molecule has 3 rings (SSSR count). The maximum atomic E-state index is 12.7. The first-order valence-electron chi connectivity index (χ1n) is 9.07. The molecule has 0 spiro atoms. The van der Waals surface area contributed by atoms with E-state index in [2.05, 4.69) is 10.4 Å². The number of aromatic nitrogens is 2. The van der Waals surface area contributed by atoms with Crippen molar-refractivity contribution in [2.75, 3.05) is 5.32 Å². The van der Waals surface area contributed by atoms with Gasteiger partial charge in [-0.15, -0.1) is 0 Å². The molecule has 30 heavy (non-hydrogen) atoms. The van der Waals surface area contributed by atoms with E-state index in [1.807, 2.05) is 13.8 Å². The van der Waals surface area contributed by atoms with Crippen LogP contribution in [0.1, 0.15) is 24.2 Å². The number of hydrogen-bond donors (Lipinski definition) is 3. The van der Waals surface area contributed by atoms with Gasteiger partial charge < -0.3 is 24.6 Å². The second-order valence-electron chi connectivity index (χ2n) is 6.83. The summed E-state index contributed by atoms with van der Waals surface area (Å²) in [6.07, 6.45) is 1.60. The topological polar surface area (TPSA) is 123 Å². The summed E-state index contributed by atoms with van der Waals surface area (Å²) < 4.78 is 24.4. The molecule has 0 unspecified atom stereocenters. The van der Waals surface area contributed by atoms with Gasteiger partial charge in [0.05, 0.1) is 11.4 Å². The van der Waals surface area contributed by atoms with E-state index >= 15 is 0 Å². The first-order chi connectivity index (χ1) is 14.1. The smallest absolute Gasteiger partial charge is 0.356 e. The first-order valence-corrected chi connectivity index (χ1v) is 10.7. The molecule has 3 aromatic rings. The summed E-state index contributed by atoms with van der Waals surface area (Å²) >= 11 is 0. The number of aryl methyl sites for hydroxylation is 1. The van der Waals surface area contributed by atoms with Crippen molar-refractivity contribution in [1.29, 1.82) is 0 Å². The van der Waals surface area contributed by atoms with Crippen molar-refractivity contribution in [2.45, 2.75) is 20.0 Å². The van der Waals surface area contributed by atoms with E-state index in [0.717, 1.165) is 0 Å². The summed E-state index contributed by atoms with van der Waals surface area (Å²) in [6, 6.07) is 11.9. The molecule has 0 saturated heterocycles. The summed E-state index contributed by atoms with van der Waals surface area (Å²) in [5.74, 6) is 1.16. The zero-order valence-electron chi connectivity index (χ0n) is 16.6. The molecule has 0 saturated carbocycles. The fourth-order valence-electron chi connectivity index (χ4n) is 2.62. The van der Waals surface area contributed by atoms with E-state index in [0.29, 0.717) is 28.6 Å². The molecule has 0 atom stereocenters. The molecule has 10 heteroatoms. The molecular weight excluding hydrogens is 409 g/mol. The van der Waals surface area contributed by atoms with E-state index in [9.17, 15) is 19.1 Å². The Kier molecular flexibility index (Phi) is 6.26. The third-order valence-corrected chi connectivity index (χ3v) is 4.85. The van der Waals surface area contributed by atoms with E-state index in [-0.39, 0.29) is 17.3 Å². The highest BCUT2D eigenvalue weighted by molar-refractivity contribution is 7.60. The van der Waals surface area contributed by atoms with Crippen molar-refractivity contribution in [3.63, 3.8) is 0 Å². The third-order valence-electron chi connectivity index (χ3n) is 3.88. The highest BCUT2D eigenvalue weighted by Crippen LogP contribution is 2.34. The van der Waals surface area contributed by atoms with Gasteiger partial charge >= 0.3 is 7.60 Å². The molecule has 0 aliphatic heterocycles. The van der Waals surface area contributed by atoms with Gasteiger partial charge in [0.2, 0.25) is 0 Å². The molecule has 0 aliphatic carbocycles. The Bertz CT molecular complexity index is 1090. The number of hydrogen-bond acceptors (Lipinski definition) is 5. The van der Waals surface area contributed by atoms with Crippen LogP contribution >= 0.6 is 7.60 Å². The second kappa shape index (κ2) is 8.71. The number of carbonyl (C=O) groups is 1. The number of rotatable bonds is 7. The van der Waals surface area contributed by atoms with Gasteiger partial charge in [-0.3, -0.25) is 14.0 Å². The average molecular weight is 431 g/mol. The molecule has 0 aliphatic rings. The quantitative estimate of drug-likeness (QED) is 0.491. The Hall–Kier alpha value is -3.13. The lowest BCUT2D eigenvalue weighted by molar-refractivity contribution is 0.102. The van der Waals surface area contributed by atoms with Gasteiger partial charge in [-0.2, -0.15) is 5.10 Å². The van der Waals surface area contributed by atoms with Crippen molar-refractivity contribution in [1.82, 2.24) is 9.78 Å². The number of anilines is 1. The van der Waals surface area contributed by atoms with Crippen LogP contribution in [-0.4, -0.2) is 31.6 Å². The standard InChI is InChI=1S/C20H22N3O6P/c1-13(2)28-16-10-14(20(24)21-19-8-9-23(3)22-19)11-17(12-16)29-15-4-6-18(7-5-15)30(25,26)27/h4-13H,1-3H3,(H,21,22,24)(H2,25,26,27). The Balaban J connectivity index is 1.86. The van der Waals surface area contributed by atoms with Gasteiger partial charge in [0, 0.05) is 30.9 Å². The highest BCUT2D eigenvalue weighted by atomic mass is 31.2. The van der Waals surface area contributed by atoms with Gasteiger partial charge in [-0.1, -0.05) is 0 Å². The number of nitrogens with zero attached hydrogens (tertiary/aromatic N) is 2. The number of ether oxygens (including phenoxy) is 2. The zero-order valence-corrected chi connectivity index (χ0v) is 17.5. The monoisotopic (exact) mass is 431 g/mol. The molecule has 3 N–H and O–H groups in total. The van der Waals surface area contributed by atoms with Crippen LogP contribution in [0.4, 0.5) is 5.82 Å². The Morgan fingerprint density at radius 3 is 2.30 bits per heavy atom. The minimum Gasteiger partial charge on any atom is -0.491 e. The van der Waals surface area contributed by atoms with Crippen molar-refractivity contribution < 1.29 is 28.6 Å². The maximum absolute atomic E-state index is 12.7. The number of carbonyl (C=O) groups excluding carboxylic acids is 1. The lowest BCUT2D eigenvalue weighted by Gasteiger charge is -2.14. The third kappa shape index (κ3) is 5.70. The van der Waals surface area contributed by atoms with Gasteiger partial charge in [-0.25, -0.2) is 0 Å². The van der Waals surface area contributed by atoms with Crippen molar-refractivity contribution in [2.24, 2.45) is 7.05 Å². The van der Waals surface area contributed by atoms with Crippen LogP contribution in [0.3, 0.4) is 0 Å². The van der Waals surface area contributed by atoms with Crippen LogP contribution in [0.15, 0.2) is 54.7 Å². The minimum atomic E-state index is -4.33. The summed E-state index contributed by atoms with van der Waals surface area (Å²) in [4.78, 5) is 31.1. The number of nitrogens with one attached hydrogen (secondary N) is 1. The summed E-state index contributed by atoms with van der Waals surface area (Å²) in [5.41, 5.74) is 0.306. The minimum absolute atomic E-state index is 0.109. The molecular formula is C20H22N3O6P. The molecule has 9 nitrogen and oxygen atoms in total. The number of amides is 1. The van der Waals surface area contributed by atoms with Crippen LogP contribution in [0, 0.1) is 0 Å². The van der Waals surface area contributed by atoms with Gasteiger partial charge in [0.15, 0.2) is 5.82 Å². The van der Waals surface area contributed by atoms with Crippen molar-refractivity contribution >= 4 is 24.6 Å². The second-order valence-corrected chi connectivity index (χ2v) is 8.43. The lowest BCUT2D eigenvalue weighted by Crippen LogP contribution is -2.13. The maximum Gasteiger partial charge on any atom is 0.356 e. The van der Waals surface area contributed by atoms with Crippen LogP contribution < -0.4 is 20.1 Å². The number of benzene rings is 2. The van der Waals surface area contributed by atoms with Crippen LogP contribution in [-0.2, 0) is 11.6 Å². The Morgan fingerprint density at radius 2 is 1.73 bits per heavy atom. The summed E-state index contributed by atoms with van der Waals surface area (Å²) in [6.45, 7) is 3.73. The fraction of sp³-hybridized carbons (Fsp3) is 0.200. The molecule has 1 heterocycles. The Labute approximate surface area is 173 Å². The largest absolute Gasteiger partial charge is 0.491 e. The first kappa shape index (κ1) is 21.6. The van der Waals surface area contributed by atoms with Gasteiger partial charge in [0.25, 0.3) is 5.91 Å².